The van der Waals surface area contributed by atoms with Crippen molar-refractivity contribution in [2.45, 2.75) is 49.1 Å². The highest BCUT2D eigenvalue weighted by molar-refractivity contribution is 7.89. The number of ether oxygens (including phenoxy) is 1. The maximum atomic E-state index is 13.6. The van der Waals surface area contributed by atoms with Gasteiger partial charge in [0.05, 0.1) is 11.5 Å². The van der Waals surface area contributed by atoms with Crippen LogP contribution in [0.25, 0.3) is 10.8 Å². The fourth-order valence-corrected chi connectivity index (χ4v) is 7.87. The maximum absolute atomic E-state index is 13.6. The molecule has 5 rings (SSSR count). The molecule has 2 aromatic rings. The number of nitrogens with zero attached hydrogens (tertiary/aromatic N) is 3. The molecule has 2 unspecified atom stereocenters. The number of nitrogens with one attached hydrogen (secondary N) is 1. The molecule has 0 radical (unpaired) electrons. The fraction of sp³-hybridized carbons (Fsp3) is 0.607. The Labute approximate surface area is 221 Å². The van der Waals surface area contributed by atoms with E-state index in [9.17, 15) is 13.2 Å². The van der Waals surface area contributed by atoms with Crippen LogP contribution in [-0.4, -0.2) is 100 Å². The van der Waals surface area contributed by atoms with Crippen molar-refractivity contribution < 1.29 is 17.9 Å². The highest BCUT2D eigenvalue weighted by atomic mass is 32.2. The van der Waals surface area contributed by atoms with Crippen LogP contribution in [-0.2, 0) is 19.6 Å². The predicted octanol–water partition coefficient (Wildman–Crippen LogP) is 2.54. The van der Waals surface area contributed by atoms with Gasteiger partial charge in [0, 0.05) is 38.3 Å². The minimum absolute atomic E-state index is 0.00346. The molecule has 9 heteroatoms. The lowest BCUT2D eigenvalue weighted by Gasteiger charge is -2.43. The second-order valence-electron chi connectivity index (χ2n) is 10.8. The van der Waals surface area contributed by atoms with Gasteiger partial charge in [0.2, 0.25) is 15.9 Å². The van der Waals surface area contributed by atoms with E-state index in [1.54, 1.807) is 16.4 Å². The van der Waals surface area contributed by atoms with Gasteiger partial charge in [-0.1, -0.05) is 36.8 Å². The summed E-state index contributed by atoms with van der Waals surface area (Å²) in [5, 5.41) is 5.39. The van der Waals surface area contributed by atoms with Crippen LogP contribution in [0.2, 0.25) is 0 Å². The van der Waals surface area contributed by atoms with Gasteiger partial charge in [0.25, 0.3) is 0 Å². The minimum atomic E-state index is -3.66. The molecule has 2 aromatic carbocycles. The molecule has 0 bridgehead atoms. The zero-order chi connectivity index (χ0) is 25.8. The van der Waals surface area contributed by atoms with Gasteiger partial charge < -0.3 is 19.9 Å². The summed E-state index contributed by atoms with van der Waals surface area (Å²) in [6.07, 6.45) is 4.75. The lowest BCUT2D eigenvalue weighted by atomic mass is 9.87. The second-order valence-corrected chi connectivity index (χ2v) is 12.7. The lowest BCUT2D eigenvalue weighted by Crippen LogP contribution is -2.58. The molecule has 3 saturated heterocycles. The summed E-state index contributed by atoms with van der Waals surface area (Å²) < 4.78 is 34.8. The number of hydrogen-bond donors (Lipinski definition) is 1. The van der Waals surface area contributed by atoms with Crippen LogP contribution in [0, 0.1) is 5.92 Å². The van der Waals surface area contributed by atoms with Gasteiger partial charge in [0.15, 0.2) is 0 Å². The average molecular weight is 529 g/mol. The molecule has 202 valence electrons. The van der Waals surface area contributed by atoms with Gasteiger partial charge in [-0.2, -0.15) is 4.31 Å². The molecule has 3 aliphatic rings. The summed E-state index contributed by atoms with van der Waals surface area (Å²) >= 11 is 0. The molecule has 8 nitrogen and oxygen atoms in total. The van der Waals surface area contributed by atoms with E-state index in [1.165, 1.54) is 0 Å². The summed E-state index contributed by atoms with van der Waals surface area (Å²) in [7, 11) is -1.50. The molecule has 3 aliphatic heterocycles. The van der Waals surface area contributed by atoms with Crippen molar-refractivity contribution in [2.24, 2.45) is 5.92 Å². The van der Waals surface area contributed by atoms with E-state index in [2.05, 4.69) is 17.3 Å². The molecule has 0 saturated carbocycles. The number of carbonyl (C=O) groups excluding carboxylic acids is 1. The monoisotopic (exact) mass is 528 g/mol. The summed E-state index contributed by atoms with van der Waals surface area (Å²) in [5.74, 6) is 0.527. The smallest absolute Gasteiger partial charge is 0.248 e. The molecule has 37 heavy (non-hydrogen) atoms. The Morgan fingerprint density at radius 1 is 1.00 bits per heavy atom. The van der Waals surface area contributed by atoms with Crippen LogP contribution in [0.1, 0.15) is 32.1 Å². The highest BCUT2D eigenvalue weighted by Crippen LogP contribution is 2.28. The average Bonchev–Trinajstić information content (AvgIpc) is 2.93. The maximum Gasteiger partial charge on any atom is 0.248 e. The number of amides is 1. The van der Waals surface area contributed by atoms with E-state index >= 15 is 0 Å². The molecular formula is C28H40N4O4S. The van der Waals surface area contributed by atoms with Crippen molar-refractivity contribution in [2.75, 3.05) is 59.5 Å². The molecule has 2 atom stereocenters. The van der Waals surface area contributed by atoms with Crippen molar-refractivity contribution in [1.29, 1.82) is 0 Å². The Hall–Kier alpha value is -2.04. The number of piperazine rings is 1. The molecule has 1 amide bonds. The standard InChI is InChI=1S/C28H40N4O4S/c1-30-15-11-23(12-16-30)27-19-29-13-17-31(27)28(33)21-36-20-25-8-4-5-14-32(25)37(34,35)26-10-9-22-6-2-3-7-24(22)18-26/h2-3,6-7,9-10,18,23,25,27,29H,4-5,8,11-17,19-21H2,1H3. The first-order valence-electron chi connectivity index (χ1n) is 13.7. The first kappa shape index (κ1) is 26.6. The van der Waals surface area contributed by atoms with Gasteiger partial charge in [0.1, 0.15) is 6.61 Å². The van der Waals surface area contributed by atoms with Crippen LogP contribution in [0.5, 0.6) is 0 Å². The van der Waals surface area contributed by atoms with Crippen LogP contribution in [0.4, 0.5) is 0 Å². The van der Waals surface area contributed by atoms with Crippen LogP contribution in [0.3, 0.4) is 0 Å². The SMILES string of the molecule is CN1CCC(C2CNCCN2C(=O)COCC2CCCCN2S(=O)(=O)c2ccc3ccccc3c2)CC1. The second kappa shape index (κ2) is 11.8. The number of piperidine rings is 2. The third kappa shape index (κ3) is 6.01. The first-order valence-corrected chi connectivity index (χ1v) is 15.1. The summed E-state index contributed by atoms with van der Waals surface area (Å²) in [6.45, 7) is 5.20. The van der Waals surface area contributed by atoms with Gasteiger partial charge in [-0.15, -0.1) is 0 Å². The molecule has 0 spiro atoms. The van der Waals surface area contributed by atoms with Crippen LogP contribution < -0.4 is 5.32 Å². The summed E-state index contributed by atoms with van der Waals surface area (Å²) in [6, 6.07) is 13.1. The van der Waals surface area contributed by atoms with Gasteiger partial charge >= 0.3 is 0 Å². The van der Waals surface area contributed by atoms with E-state index < -0.39 is 10.0 Å². The van der Waals surface area contributed by atoms with Crippen LogP contribution in [0.15, 0.2) is 47.4 Å². The minimum Gasteiger partial charge on any atom is -0.370 e. The normalized spacial score (nSPS) is 24.9. The first-order chi connectivity index (χ1) is 17.9. The Morgan fingerprint density at radius 2 is 1.78 bits per heavy atom. The molecule has 1 N–H and O–H groups in total. The van der Waals surface area contributed by atoms with E-state index in [1.807, 2.05) is 35.2 Å². The predicted molar refractivity (Wildman–Crippen MR) is 145 cm³/mol. The number of rotatable bonds is 7. The lowest BCUT2D eigenvalue weighted by molar-refractivity contribution is -0.141. The number of fused-ring (bicyclic) bond motifs is 1. The largest absolute Gasteiger partial charge is 0.370 e. The third-order valence-electron chi connectivity index (χ3n) is 8.35. The number of sulfonamides is 1. The van der Waals surface area contributed by atoms with Crippen molar-refractivity contribution in [3.63, 3.8) is 0 Å². The van der Waals surface area contributed by atoms with Crippen molar-refractivity contribution >= 4 is 26.7 Å². The zero-order valence-electron chi connectivity index (χ0n) is 21.8. The Morgan fingerprint density at radius 3 is 2.59 bits per heavy atom. The van der Waals surface area contributed by atoms with Crippen molar-refractivity contribution in [1.82, 2.24) is 19.4 Å². The Balaban J connectivity index is 1.21. The number of benzene rings is 2. The Kier molecular flexibility index (Phi) is 8.46. The molecular weight excluding hydrogens is 488 g/mol. The van der Waals surface area contributed by atoms with E-state index in [-0.39, 0.29) is 31.2 Å². The summed E-state index contributed by atoms with van der Waals surface area (Å²) in [4.78, 5) is 17.9. The molecule has 0 aliphatic carbocycles. The van der Waals surface area contributed by atoms with Gasteiger partial charge in [-0.25, -0.2) is 8.42 Å². The molecule has 3 heterocycles. The topological polar surface area (TPSA) is 82.2 Å². The van der Waals surface area contributed by atoms with E-state index in [0.717, 1.165) is 69.1 Å². The van der Waals surface area contributed by atoms with Gasteiger partial charge in [-0.3, -0.25) is 4.79 Å². The number of hydrogen-bond acceptors (Lipinski definition) is 6. The molecule has 3 fully saturated rings. The Bertz CT molecular complexity index is 1180. The third-order valence-corrected chi connectivity index (χ3v) is 10.3. The number of carbonyl (C=O) groups is 1. The highest BCUT2D eigenvalue weighted by Gasteiger charge is 2.36. The quantitative estimate of drug-likeness (QED) is 0.595. The van der Waals surface area contributed by atoms with Gasteiger partial charge in [-0.05, 0) is 74.6 Å². The van der Waals surface area contributed by atoms with Crippen LogP contribution >= 0.6 is 0 Å². The van der Waals surface area contributed by atoms with Crippen molar-refractivity contribution in [3.05, 3.63) is 42.5 Å². The van der Waals surface area contributed by atoms with E-state index in [4.69, 9.17) is 4.74 Å². The zero-order valence-corrected chi connectivity index (χ0v) is 22.7. The van der Waals surface area contributed by atoms with Crippen molar-refractivity contribution in [3.8, 4) is 0 Å². The van der Waals surface area contributed by atoms with E-state index in [0.29, 0.717) is 23.9 Å². The summed E-state index contributed by atoms with van der Waals surface area (Å²) in [5.41, 5.74) is 0. The molecule has 0 aromatic heterocycles. The number of likely N-dealkylation sites (tertiary alicyclic amines) is 1. The fourth-order valence-electron chi connectivity index (χ4n) is 6.16.